The number of benzene rings is 2. The standard InChI is InChI=1S/C21H21NO4/c1-23-18-6-4-5-7-20(18)26-14-15-10-17(13-22-12-15)16-8-9-19(24-2)21(11-16)25-3/h4-13H,14H2,1-3H3. The van der Waals surface area contributed by atoms with Gasteiger partial charge in [0.15, 0.2) is 23.0 Å². The molecule has 0 spiro atoms. The number of pyridine rings is 1. The minimum Gasteiger partial charge on any atom is -0.493 e. The number of hydrogen-bond acceptors (Lipinski definition) is 5. The first-order valence-corrected chi connectivity index (χ1v) is 8.17. The van der Waals surface area contributed by atoms with E-state index in [0.717, 1.165) is 16.7 Å². The molecule has 3 rings (SSSR count). The Bertz CT molecular complexity index is 879. The fourth-order valence-electron chi connectivity index (χ4n) is 2.64. The summed E-state index contributed by atoms with van der Waals surface area (Å²) in [6.07, 6.45) is 3.60. The fourth-order valence-corrected chi connectivity index (χ4v) is 2.64. The lowest BCUT2D eigenvalue weighted by atomic mass is 10.1. The van der Waals surface area contributed by atoms with Crippen LogP contribution in [0.5, 0.6) is 23.0 Å². The highest BCUT2D eigenvalue weighted by molar-refractivity contribution is 5.67. The van der Waals surface area contributed by atoms with Crippen molar-refractivity contribution in [2.75, 3.05) is 21.3 Å². The van der Waals surface area contributed by atoms with Gasteiger partial charge in [0.2, 0.25) is 0 Å². The molecule has 1 heterocycles. The molecule has 0 amide bonds. The largest absolute Gasteiger partial charge is 0.493 e. The Morgan fingerprint density at radius 3 is 2.12 bits per heavy atom. The summed E-state index contributed by atoms with van der Waals surface area (Å²) < 4.78 is 21.8. The molecule has 1 aromatic heterocycles. The zero-order valence-corrected chi connectivity index (χ0v) is 15.1. The van der Waals surface area contributed by atoms with Gasteiger partial charge in [-0.2, -0.15) is 0 Å². The van der Waals surface area contributed by atoms with Gasteiger partial charge in [0, 0.05) is 23.5 Å². The molecular formula is C21H21NO4. The number of aromatic nitrogens is 1. The number of para-hydroxylation sites is 2. The second-order valence-electron chi connectivity index (χ2n) is 5.59. The Balaban J connectivity index is 1.80. The lowest BCUT2D eigenvalue weighted by molar-refractivity contribution is 0.284. The van der Waals surface area contributed by atoms with Gasteiger partial charge >= 0.3 is 0 Å². The van der Waals surface area contributed by atoms with Gasteiger partial charge in [0.1, 0.15) is 6.61 Å². The van der Waals surface area contributed by atoms with Crippen molar-refractivity contribution in [1.82, 2.24) is 4.98 Å². The number of nitrogens with zero attached hydrogens (tertiary/aromatic N) is 1. The average Bonchev–Trinajstić information content (AvgIpc) is 2.72. The molecule has 5 heteroatoms. The molecule has 26 heavy (non-hydrogen) atoms. The van der Waals surface area contributed by atoms with Gasteiger partial charge in [-0.25, -0.2) is 0 Å². The first-order valence-electron chi connectivity index (χ1n) is 8.17. The summed E-state index contributed by atoms with van der Waals surface area (Å²) in [6.45, 7) is 0.397. The van der Waals surface area contributed by atoms with Crippen molar-refractivity contribution < 1.29 is 18.9 Å². The normalized spacial score (nSPS) is 10.3. The maximum absolute atomic E-state index is 5.88. The smallest absolute Gasteiger partial charge is 0.161 e. The minimum absolute atomic E-state index is 0.397. The van der Waals surface area contributed by atoms with E-state index in [-0.39, 0.29) is 0 Å². The van der Waals surface area contributed by atoms with E-state index in [2.05, 4.69) is 4.98 Å². The number of rotatable bonds is 7. The SMILES string of the molecule is COc1ccc(-c2cncc(COc3ccccc3OC)c2)cc1OC. The number of hydrogen-bond donors (Lipinski definition) is 0. The Morgan fingerprint density at radius 2 is 1.38 bits per heavy atom. The third-order valence-electron chi connectivity index (χ3n) is 3.98. The van der Waals surface area contributed by atoms with Gasteiger partial charge in [-0.15, -0.1) is 0 Å². The molecule has 3 aromatic rings. The molecule has 2 aromatic carbocycles. The summed E-state index contributed by atoms with van der Waals surface area (Å²) in [5, 5.41) is 0. The van der Waals surface area contributed by atoms with E-state index in [1.165, 1.54) is 0 Å². The Kier molecular flexibility index (Phi) is 5.59. The van der Waals surface area contributed by atoms with Crippen LogP contribution in [0.25, 0.3) is 11.1 Å². The average molecular weight is 351 g/mol. The van der Waals surface area contributed by atoms with Crippen LogP contribution in [0.1, 0.15) is 5.56 Å². The van der Waals surface area contributed by atoms with E-state index < -0.39 is 0 Å². The van der Waals surface area contributed by atoms with Crippen molar-refractivity contribution in [3.8, 4) is 34.1 Å². The number of ether oxygens (including phenoxy) is 4. The van der Waals surface area contributed by atoms with Crippen molar-refractivity contribution in [3.05, 3.63) is 66.5 Å². The highest BCUT2D eigenvalue weighted by Crippen LogP contribution is 2.32. The van der Waals surface area contributed by atoms with Crippen LogP contribution < -0.4 is 18.9 Å². The van der Waals surface area contributed by atoms with Crippen LogP contribution in [-0.4, -0.2) is 26.3 Å². The van der Waals surface area contributed by atoms with Gasteiger partial charge in [-0.05, 0) is 35.9 Å². The summed E-state index contributed by atoms with van der Waals surface area (Å²) >= 11 is 0. The molecule has 5 nitrogen and oxygen atoms in total. The maximum atomic E-state index is 5.88. The van der Waals surface area contributed by atoms with Crippen molar-refractivity contribution in [3.63, 3.8) is 0 Å². The summed E-state index contributed by atoms with van der Waals surface area (Å²) in [5.41, 5.74) is 2.93. The summed E-state index contributed by atoms with van der Waals surface area (Å²) in [5.74, 6) is 2.78. The first-order chi connectivity index (χ1) is 12.7. The summed E-state index contributed by atoms with van der Waals surface area (Å²) in [4.78, 5) is 4.33. The van der Waals surface area contributed by atoms with Crippen LogP contribution in [0.3, 0.4) is 0 Å². The van der Waals surface area contributed by atoms with E-state index in [9.17, 15) is 0 Å². The molecule has 0 aliphatic carbocycles. The van der Waals surface area contributed by atoms with Gasteiger partial charge in [0.05, 0.1) is 21.3 Å². The lowest BCUT2D eigenvalue weighted by Gasteiger charge is -2.12. The van der Waals surface area contributed by atoms with Gasteiger partial charge in [-0.3, -0.25) is 4.98 Å². The molecule has 0 atom stereocenters. The predicted molar refractivity (Wildman–Crippen MR) is 100 cm³/mol. The Morgan fingerprint density at radius 1 is 0.692 bits per heavy atom. The van der Waals surface area contributed by atoms with Crippen LogP contribution in [0.15, 0.2) is 60.9 Å². The van der Waals surface area contributed by atoms with Crippen molar-refractivity contribution in [1.29, 1.82) is 0 Å². The zero-order valence-electron chi connectivity index (χ0n) is 15.1. The molecule has 0 bridgehead atoms. The molecule has 0 unspecified atom stereocenters. The predicted octanol–water partition coefficient (Wildman–Crippen LogP) is 4.35. The van der Waals surface area contributed by atoms with Crippen LogP contribution >= 0.6 is 0 Å². The molecule has 0 aliphatic rings. The second kappa shape index (κ2) is 8.25. The van der Waals surface area contributed by atoms with E-state index in [1.54, 1.807) is 27.5 Å². The summed E-state index contributed by atoms with van der Waals surface area (Å²) in [7, 11) is 4.87. The van der Waals surface area contributed by atoms with E-state index in [1.807, 2.05) is 54.7 Å². The van der Waals surface area contributed by atoms with Crippen molar-refractivity contribution in [2.24, 2.45) is 0 Å². The van der Waals surface area contributed by atoms with Crippen molar-refractivity contribution in [2.45, 2.75) is 6.61 Å². The molecule has 0 fully saturated rings. The quantitative estimate of drug-likeness (QED) is 0.633. The van der Waals surface area contributed by atoms with E-state index in [4.69, 9.17) is 18.9 Å². The van der Waals surface area contributed by atoms with Gasteiger partial charge in [-0.1, -0.05) is 18.2 Å². The summed E-state index contributed by atoms with van der Waals surface area (Å²) in [6, 6.07) is 15.4. The van der Waals surface area contributed by atoms with Crippen LogP contribution in [0, 0.1) is 0 Å². The molecule has 0 N–H and O–H groups in total. The van der Waals surface area contributed by atoms with E-state index in [0.29, 0.717) is 29.6 Å². The third-order valence-corrected chi connectivity index (χ3v) is 3.98. The molecule has 134 valence electrons. The highest BCUT2D eigenvalue weighted by atomic mass is 16.5. The zero-order chi connectivity index (χ0) is 18.4. The molecular weight excluding hydrogens is 330 g/mol. The topological polar surface area (TPSA) is 49.8 Å². The number of methoxy groups -OCH3 is 3. The first kappa shape index (κ1) is 17.6. The monoisotopic (exact) mass is 351 g/mol. The molecule has 0 saturated carbocycles. The van der Waals surface area contributed by atoms with Crippen molar-refractivity contribution >= 4 is 0 Å². The van der Waals surface area contributed by atoms with Crippen LogP contribution in [0.4, 0.5) is 0 Å². The molecule has 0 saturated heterocycles. The Labute approximate surface area is 153 Å². The van der Waals surface area contributed by atoms with E-state index >= 15 is 0 Å². The minimum atomic E-state index is 0.397. The maximum Gasteiger partial charge on any atom is 0.161 e. The third kappa shape index (κ3) is 3.88. The van der Waals surface area contributed by atoms with Gasteiger partial charge < -0.3 is 18.9 Å². The highest BCUT2D eigenvalue weighted by Gasteiger charge is 2.08. The van der Waals surface area contributed by atoms with Gasteiger partial charge in [0.25, 0.3) is 0 Å². The van der Waals surface area contributed by atoms with Crippen LogP contribution in [0.2, 0.25) is 0 Å². The fraction of sp³-hybridized carbons (Fsp3) is 0.190. The Hall–Kier alpha value is -3.21. The molecule has 0 radical (unpaired) electrons. The lowest BCUT2D eigenvalue weighted by Crippen LogP contribution is -1.98. The molecule has 0 aliphatic heterocycles. The van der Waals surface area contributed by atoms with Crippen LogP contribution in [-0.2, 0) is 6.61 Å². The second-order valence-corrected chi connectivity index (χ2v) is 5.59.